The summed E-state index contributed by atoms with van der Waals surface area (Å²) in [6, 6.07) is 6.30. The Morgan fingerprint density at radius 2 is 2.15 bits per heavy atom. The van der Waals surface area contributed by atoms with Gasteiger partial charge in [-0.05, 0) is 50.7 Å². The number of carbonyl (C=O) groups excluding carboxylic acids is 1. The van der Waals surface area contributed by atoms with Gasteiger partial charge in [0.25, 0.3) is 5.91 Å². The number of rotatable bonds is 6. The average molecular weight is 370 g/mol. The van der Waals surface area contributed by atoms with Crippen molar-refractivity contribution >= 4 is 16.8 Å². The summed E-state index contributed by atoms with van der Waals surface area (Å²) in [4.78, 5) is 14.7. The van der Waals surface area contributed by atoms with Crippen LogP contribution in [-0.2, 0) is 18.4 Å². The second-order valence-electron chi connectivity index (χ2n) is 8.38. The summed E-state index contributed by atoms with van der Waals surface area (Å²) >= 11 is 0. The molecule has 146 valence electrons. The summed E-state index contributed by atoms with van der Waals surface area (Å²) in [5, 5.41) is 20.0. The maximum absolute atomic E-state index is 12.8. The molecule has 27 heavy (non-hydrogen) atoms. The smallest absolute Gasteiger partial charge is 0.255 e. The summed E-state index contributed by atoms with van der Waals surface area (Å²) in [5.41, 5.74) is 1.96. The first-order chi connectivity index (χ1) is 13.0. The van der Waals surface area contributed by atoms with Gasteiger partial charge in [0.05, 0.1) is 11.2 Å². The number of carbonyl (C=O) groups is 1. The van der Waals surface area contributed by atoms with Crippen molar-refractivity contribution in [1.82, 2.24) is 20.0 Å². The second kappa shape index (κ2) is 7.24. The lowest BCUT2D eigenvalue weighted by atomic mass is 9.83. The summed E-state index contributed by atoms with van der Waals surface area (Å²) in [6.07, 6.45) is 5.10. The minimum Gasteiger partial charge on any atom is -0.379 e. The number of aliphatic hydroxyl groups is 1. The number of likely N-dealkylation sites (tertiary alicyclic amines) is 1. The number of amides is 1. The van der Waals surface area contributed by atoms with E-state index in [4.69, 9.17) is 0 Å². The monoisotopic (exact) mass is 370 g/mol. The molecule has 4 rings (SSSR count). The number of aromatic nitrogens is 2. The van der Waals surface area contributed by atoms with Crippen LogP contribution >= 0.6 is 0 Å². The number of fused-ring (bicyclic) bond motifs is 1. The molecule has 1 aliphatic heterocycles. The molecule has 2 fully saturated rings. The van der Waals surface area contributed by atoms with E-state index >= 15 is 0 Å². The molecule has 0 bridgehead atoms. The Kier molecular flexibility index (Phi) is 4.95. The van der Waals surface area contributed by atoms with Crippen molar-refractivity contribution < 1.29 is 9.90 Å². The molecule has 6 heteroatoms. The lowest BCUT2D eigenvalue weighted by Gasteiger charge is -2.41. The zero-order valence-corrected chi connectivity index (χ0v) is 16.4. The molecule has 1 saturated heterocycles. The molecular formula is C21H30N4O2. The molecule has 1 atom stereocenters. The van der Waals surface area contributed by atoms with Gasteiger partial charge in [-0.2, -0.15) is 5.10 Å². The van der Waals surface area contributed by atoms with Crippen LogP contribution in [0.3, 0.4) is 0 Å². The Morgan fingerprint density at radius 3 is 2.89 bits per heavy atom. The molecule has 1 aliphatic carbocycles. The van der Waals surface area contributed by atoms with Crippen molar-refractivity contribution in [2.45, 2.75) is 51.2 Å². The Hall–Kier alpha value is -1.92. The van der Waals surface area contributed by atoms with Crippen LogP contribution in [0.4, 0.5) is 0 Å². The van der Waals surface area contributed by atoms with Crippen LogP contribution in [0.2, 0.25) is 0 Å². The Balaban J connectivity index is 1.40. The van der Waals surface area contributed by atoms with E-state index in [-0.39, 0.29) is 12.5 Å². The topological polar surface area (TPSA) is 70.4 Å². The van der Waals surface area contributed by atoms with Crippen molar-refractivity contribution in [3.8, 4) is 0 Å². The van der Waals surface area contributed by atoms with E-state index in [9.17, 15) is 9.90 Å². The van der Waals surface area contributed by atoms with E-state index in [1.54, 1.807) is 0 Å². The van der Waals surface area contributed by atoms with Gasteiger partial charge in [0.1, 0.15) is 0 Å². The van der Waals surface area contributed by atoms with E-state index in [2.05, 4.69) is 35.5 Å². The molecule has 1 unspecified atom stereocenters. The van der Waals surface area contributed by atoms with Gasteiger partial charge in [0.2, 0.25) is 0 Å². The molecule has 1 aromatic heterocycles. The maximum Gasteiger partial charge on any atom is 0.255 e. The molecule has 0 spiro atoms. The molecule has 2 aliphatic rings. The van der Waals surface area contributed by atoms with E-state index in [0.29, 0.717) is 18.9 Å². The first-order valence-electron chi connectivity index (χ1n) is 10.1. The van der Waals surface area contributed by atoms with E-state index in [1.165, 1.54) is 24.8 Å². The number of nitrogens with zero attached hydrogens (tertiary/aromatic N) is 3. The number of aryl methyl sites for hydroxylation is 2. The zero-order valence-electron chi connectivity index (χ0n) is 16.4. The van der Waals surface area contributed by atoms with E-state index in [1.807, 2.05) is 16.6 Å². The number of nitrogens with one attached hydrogen (secondary N) is 1. The van der Waals surface area contributed by atoms with Crippen LogP contribution in [0.5, 0.6) is 0 Å². The van der Waals surface area contributed by atoms with Crippen LogP contribution in [0.25, 0.3) is 10.9 Å². The minimum atomic E-state index is -1.29. The van der Waals surface area contributed by atoms with Crippen molar-refractivity contribution in [3.05, 3.63) is 29.5 Å². The predicted octanol–water partition coefficient (Wildman–Crippen LogP) is 2.12. The number of piperidine rings is 1. The summed E-state index contributed by atoms with van der Waals surface area (Å²) in [5.74, 6) is 0.530. The fourth-order valence-electron chi connectivity index (χ4n) is 4.36. The number of benzene rings is 1. The summed E-state index contributed by atoms with van der Waals surface area (Å²) < 4.78 is 1.88. The third kappa shape index (κ3) is 3.60. The molecule has 2 aromatic rings. The van der Waals surface area contributed by atoms with Gasteiger partial charge in [-0.15, -0.1) is 0 Å². The Morgan fingerprint density at radius 1 is 1.33 bits per heavy atom. The molecule has 6 nitrogen and oxygen atoms in total. The van der Waals surface area contributed by atoms with Crippen LogP contribution in [-0.4, -0.2) is 50.9 Å². The van der Waals surface area contributed by atoms with Gasteiger partial charge in [-0.3, -0.25) is 9.48 Å². The lowest BCUT2D eigenvalue weighted by molar-refractivity contribution is -0.157. The Bertz CT molecular complexity index is 842. The number of hydrogen-bond donors (Lipinski definition) is 2. The van der Waals surface area contributed by atoms with Crippen LogP contribution < -0.4 is 5.32 Å². The summed E-state index contributed by atoms with van der Waals surface area (Å²) in [6.45, 7) is 4.48. The third-order valence-electron chi connectivity index (χ3n) is 6.20. The SMILES string of the molecule is Cc1ccc2c(c1)c(CNCC1(O)CCCN(CC3CCC3)C1=O)nn2C. The highest BCUT2D eigenvalue weighted by molar-refractivity contribution is 5.86. The first-order valence-corrected chi connectivity index (χ1v) is 10.1. The lowest BCUT2D eigenvalue weighted by Crippen LogP contribution is -2.58. The largest absolute Gasteiger partial charge is 0.379 e. The van der Waals surface area contributed by atoms with Crippen LogP contribution in [0.1, 0.15) is 43.4 Å². The average Bonchev–Trinajstić information content (AvgIpc) is 2.90. The predicted molar refractivity (Wildman–Crippen MR) is 105 cm³/mol. The molecular weight excluding hydrogens is 340 g/mol. The van der Waals surface area contributed by atoms with E-state index in [0.717, 1.165) is 36.1 Å². The van der Waals surface area contributed by atoms with Crippen LogP contribution in [0.15, 0.2) is 18.2 Å². The standard InChI is InChI=1S/C21H30N4O2/c1-15-7-8-19-17(11-15)18(23-24(19)2)12-22-14-21(27)9-4-10-25(20(21)26)13-16-5-3-6-16/h7-8,11,16,22,27H,3-6,9-10,12-14H2,1-2H3. The third-order valence-corrected chi connectivity index (χ3v) is 6.20. The fourth-order valence-corrected chi connectivity index (χ4v) is 4.36. The first kappa shape index (κ1) is 18.4. The van der Waals surface area contributed by atoms with Crippen LogP contribution in [0, 0.1) is 12.8 Å². The van der Waals surface area contributed by atoms with Crippen molar-refractivity contribution in [1.29, 1.82) is 0 Å². The van der Waals surface area contributed by atoms with Gasteiger partial charge in [0.15, 0.2) is 5.60 Å². The van der Waals surface area contributed by atoms with Gasteiger partial charge in [-0.1, -0.05) is 18.1 Å². The summed E-state index contributed by atoms with van der Waals surface area (Å²) in [7, 11) is 1.94. The van der Waals surface area contributed by atoms with E-state index < -0.39 is 5.60 Å². The molecule has 2 N–H and O–H groups in total. The molecule has 1 amide bonds. The van der Waals surface area contributed by atoms with Gasteiger partial charge < -0.3 is 15.3 Å². The van der Waals surface area contributed by atoms with Gasteiger partial charge in [0, 0.05) is 38.6 Å². The molecule has 0 radical (unpaired) electrons. The van der Waals surface area contributed by atoms with Crippen molar-refractivity contribution in [3.63, 3.8) is 0 Å². The molecule has 1 saturated carbocycles. The second-order valence-corrected chi connectivity index (χ2v) is 8.38. The van der Waals surface area contributed by atoms with Gasteiger partial charge >= 0.3 is 0 Å². The van der Waals surface area contributed by atoms with Crippen molar-refractivity contribution in [2.24, 2.45) is 13.0 Å². The maximum atomic E-state index is 12.8. The highest BCUT2D eigenvalue weighted by Gasteiger charge is 2.42. The zero-order chi connectivity index (χ0) is 19.0. The molecule has 1 aromatic carbocycles. The molecule has 2 heterocycles. The fraction of sp³-hybridized carbons (Fsp3) is 0.619. The minimum absolute atomic E-state index is 0.102. The number of hydrogen-bond acceptors (Lipinski definition) is 4. The Labute approximate surface area is 160 Å². The van der Waals surface area contributed by atoms with Gasteiger partial charge in [-0.25, -0.2) is 0 Å². The van der Waals surface area contributed by atoms with Crippen molar-refractivity contribution in [2.75, 3.05) is 19.6 Å². The quantitative estimate of drug-likeness (QED) is 0.817. The normalized spacial score (nSPS) is 23.8. The highest BCUT2D eigenvalue weighted by atomic mass is 16.3. The highest BCUT2D eigenvalue weighted by Crippen LogP contribution is 2.30.